The van der Waals surface area contributed by atoms with E-state index in [1.54, 1.807) is 6.33 Å². The predicted octanol–water partition coefficient (Wildman–Crippen LogP) is 2.74. The Hall–Kier alpha value is -2.17. The molecule has 2 heterocycles. The van der Waals surface area contributed by atoms with Gasteiger partial charge in [0.15, 0.2) is 17.8 Å². The summed E-state index contributed by atoms with van der Waals surface area (Å²) in [6, 6.07) is 5.83. The predicted molar refractivity (Wildman–Crippen MR) is 67.9 cm³/mol. The Morgan fingerprint density at radius 3 is 3.00 bits per heavy atom. The Kier molecular flexibility index (Phi) is 2.59. The van der Waals surface area contributed by atoms with Crippen molar-refractivity contribution < 1.29 is 4.42 Å². The largest absolute Gasteiger partial charge is 0.443 e. The molecule has 0 saturated carbocycles. The maximum absolute atomic E-state index is 5.31. The van der Waals surface area contributed by atoms with Gasteiger partial charge in [0.1, 0.15) is 11.8 Å². The lowest BCUT2D eigenvalue weighted by molar-refractivity contribution is 0.486. The topological polar surface area (TPSA) is 56.7 Å². The van der Waals surface area contributed by atoms with E-state index in [1.807, 2.05) is 22.9 Å². The van der Waals surface area contributed by atoms with Gasteiger partial charge in [-0.3, -0.25) is 0 Å². The second-order valence-corrected chi connectivity index (χ2v) is 4.66. The van der Waals surface area contributed by atoms with Crippen LogP contribution in [-0.2, 0) is 6.54 Å². The van der Waals surface area contributed by atoms with Crippen LogP contribution in [0.5, 0.6) is 0 Å². The smallest absolute Gasteiger partial charge is 0.182 e. The molecule has 0 fully saturated rings. The highest BCUT2D eigenvalue weighted by Gasteiger charge is 2.13. The van der Waals surface area contributed by atoms with Crippen molar-refractivity contribution in [2.45, 2.75) is 20.4 Å². The Balaban J connectivity index is 2.14. The molecular formula is C13H14N4O. The molecule has 1 aromatic carbocycles. The first kappa shape index (κ1) is 11.0. The summed E-state index contributed by atoms with van der Waals surface area (Å²) >= 11 is 0. The minimum Gasteiger partial charge on any atom is -0.443 e. The Bertz CT molecular complexity index is 668. The molecular weight excluding hydrogens is 228 g/mol. The normalized spacial score (nSPS) is 11.5. The van der Waals surface area contributed by atoms with E-state index in [0.29, 0.717) is 5.92 Å². The summed E-state index contributed by atoms with van der Waals surface area (Å²) < 4.78 is 7.22. The van der Waals surface area contributed by atoms with Crippen molar-refractivity contribution >= 4 is 11.1 Å². The monoisotopic (exact) mass is 242 g/mol. The number of aromatic nitrogens is 4. The molecule has 2 aromatic heterocycles. The second kappa shape index (κ2) is 4.25. The fraction of sp³-hybridized carbons (Fsp3) is 0.308. The zero-order valence-electron chi connectivity index (χ0n) is 10.4. The molecule has 0 N–H and O–H groups in total. The minimum atomic E-state index is 0.516. The summed E-state index contributed by atoms with van der Waals surface area (Å²) in [4.78, 5) is 8.59. The van der Waals surface area contributed by atoms with Gasteiger partial charge in [-0.05, 0) is 18.1 Å². The van der Waals surface area contributed by atoms with E-state index < -0.39 is 0 Å². The molecule has 5 nitrogen and oxygen atoms in total. The van der Waals surface area contributed by atoms with Crippen LogP contribution in [0.1, 0.15) is 13.8 Å². The van der Waals surface area contributed by atoms with Crippen LogP contribution in [0.15, 0.2) is 35.3 Å². The number of oxazole rings is 1. The van der Waals surface area contributed by atoms with Gasteiger partial charge in [-0.25, -0.2) is 14.6 Å². The lowest BCUT2D eigenvalue weighted by Crippen LogP contribution is -2.08. The van der Waals surface area contributed by atoms with E-state index in [4.69, 9.17) is 4.42 Å². The fourth-order valence-electron chi connectivity index (χ4n) is 2.02. The van der Waals surface area contributed by atoms with Crippen LogP contribution in [0.25, 0.3) is 22.5 Å². The minimum absolute atomic E-state index is 0.516. The number of fused-ring (bicyclic) bond motifs is 1. The summed E-state index contributed by atoms with van der Waals surface area (Å²) in [6.45, 7) is 5.15. The van der Waals surface area contributed by atoms with Crippen LogP contribution >= 0.6 is 0 Å². The standard InChI is InChI=1S/C13H14N4O/c1-9(2)6-17-13(14-7-16-17)10-4-3-5-11-12(10)15-8-18-11/h3-5,7-9H,6H2,1-2H3. The molecule has 18 heavy (non-hydrogen) atoms. The lowest BCUT2D eigenvalue weighted by atomic mass is 10.1. The molecule has 3 rings (SSSR count). The van der Waals surface area contributed by atoms with E-state index in [2.05, 4.69) is 28.9 Å². The van der Waals surface area contributed by atoms with Crippen LogP contribution in [0.2, 0.25) is 0 Å². The van der Waals surface area contributed by atoms with Gasteiger partial charge in [0.2, 0.25) is 0 Å². The molecule has 0 atom stereocenters. The second-order valence-electron chi connectivity index (χ2n) is 4.66. The molecule has 0 bridgehead atoms. The number of hydrogen-bond acceptors (Lipinski definition) is 4. The van der Waals surface area contributed by atoms with Crippen molar-refractivity contribution in [3.8, 4) is 11.4 Å². The third-order valence-corrected chi connectivity index (χ3v) is 2.76. The van der Waals surface area contributed by atoms with Gasteiger partial charge in [0.25, 0.3) is 0 Å². The molecule has 0 radical (unpaired) electrons. The van der Waals surface area contributed by atoms with Crippen molar-refractivity contribution in [3.63, 3.8) is 0 Å². The van der Waals surface area contributed by atoms with E-state index in [1.165, 1.54) is 6.39 Å². The van der Waals surface area contributed by atoms with Gasteiger partial charge in [0.05, 0.1) is 0 Å². The zero-order chi connectivity index (χ0) is 12.5. The molecule has 0 saturated heterocycles. The number of hydrogen-bond donors (Lipinski definition) is 0. The maximum atomic E-state index is 5.31. The molecule has 0 amide bonds. The Morgan fingerprint density at radius 2 is 2.17 bits per heavy atom. The fourth-order valence-corrected chi connectivity index (χ4v) is 2.02. The van der Waals surface area contributed by atoms with Gasteiger partial charge in [-0.15, -0.1) is 0 Å². The third kappa shape index (κ3) is 1.77. The highest BCUT2D eigenvalue weighted by atomic mass is 16.3. The molecule has 0 aliphatic carbocycles. The van der Waals surface area contributed by atoms with Gasteiger partial charge >= 0.3 is 0 Å². The lowest BCUT2D eigenvalue weighted by Gasteiger charge is -2.08. The van der Waals surface area contributed by atoms with Crippen LogP contribution in [-0.4, -0.2) is 19.7 Å². The summed E-state index contributed by atoms with van der Waals surface area (Å²) in [5, 5.41) is 4.27. The molecule has 0 spiro atoms. The van der Waals surface area contributed by atoms with Crippen LogP contribution < -0.4 is 0 Å². The van der Waals surface area contributed by atoms with E-state index in [-0.39, 0.29) is 0 Å². The average Bonchev–Trinajstić information content (AvgIpc) is 2.95. The number of benzene rings is 1. The van der Waals surface area contributed by atoms with Crippen LogP contribution in [0.3, 0.4) is 0 Å². The SMILES string of the molecule is CC(C)Cn1ncnc1-c1cccc2ocnc12. The first-order chi connectivity index (χ1) is 8.75. The van der Waals surface area contributed by atoms with Crippen LogP contribution in [0, 0.1) is 5.92 Å². The van der Waals surface area contributed by atoms with Crippen molar-refractivity contribution in [1.82, 2.24) is 19.7 Å². The van der Waals surface area contributed by atoms with Gasteiger partial charge in [-0.1, -0.05) is 19.9 Å². The number of nitrogens with zero attached hydrogens (tertiary/aromatic N) is 4. The van der Waals surface area contributed by atoms with E-state index in [0.717, 1.165) is 29.0 Å². The molecule has 3 aromatic rings. The van der Waals surface area contributed by atoms with Crippen molar-refractivity contribution in [3.05, 3.63) is 30.9 Å². The van der Waals surface area contributed by atoms with Crippen molar-refractivity contribution in [1.29, 1.82) is 0 Å². The first-order valence-electron chi connectivity index (χ1n) is 5.96. The van der Waals surface area contributed by atoms with Gasteiger partial charge in [0, 0.05) is 12.1 Å². The maximum Gasteiger partial charge on any atom is 0.182 e. The van der Waals surface area contributed by atoms with Crippen molar-refractivity contribution in [2.75, 3.05) is 0 Å². The van der Waals surface area contributed by atoms with Crippen molar-refractivity contribution in [2.24, 2.45) is 5.92 Å². The summed E-state index contributed by atoms with van der Waals surface area (Å²) in [7, 11) is 0. The summed E-state index contributed by atoms with van der Waals surface area (Å²) in [5.74, 6) is 1.35. The van der Waals surface area contributed by atoms with Gasteiger partial charge in [-0.2, -0.15) is 5.10 Å². The number of rotatable bonds is 3. The molecule has 92 valence electrons. The Morgan fingerprint density at radius 1 is 1.28 bits per heavy atom. The molecule has 0 aliphatic rings. The quantitative estimate of drug-likeness (QED) is 0.708. The zero-order valence-corrected chi connectivity index (χ0v) is 10.4. The highest BCUT2D eigenvalue weighted by Crippen LogP contribution is 2.26. The number of para-hydroxylation sites is 1. The molecule has 0 unspecified atom stereocenters. The van der Waals surface area contributed by atoms with E-state index in [9.17, 15) is 0 Å². The van der Waals surface area contributed by atoms with Gasteiger partial charge < -0.3 is 4.42 Å². The summed E-state index contributed by atoms with van der Waals surface area (Å²) in [6.07, 6.45) is 3.04. The summed E-state index contributed by atoms with van der Waals surface area (Å²) in [5.41, 5.74) is 2.56. The molecule has 5 heteroatoms. The average molecular weight is 242 g/mol. The Labute approximate surface area is 104 Å². The first-order valence-corrected chi connectivity index (χ1v) is 5.96. The van der Waals surface area contributed by atoms with Crippen LogP contribution in [0.4, 0.5) is 0 Å². The molecule has 0 aliphatic heterocycles. The van der Waals surface area contributed by atoms with E-state index >= 15 is 0 Å². The highest BCUT2D eigenvalue weighted by molar-refractivity contribution is 5.88. The third-order valence-electron chi connectivity index (χ3n) is 2.76.